The molecule has 0 N–H and O–H groups in total. The minimum Gasteiger partial charge on any atom is -0.469 e. The van der Waals surface area contributed by atoms with Crippen LogP contribution in [0.4, 0.5) is 5.13 Å². The lowest BCUT2D eigenvalue weighted by molar-refractivity contribution is -0.146. The highest BCUT2D eigenvalue weighted by atomic mass is 32.1. The lowest BCUT2D eigenvalue weighted by Crippen LogP contribution is -2.36. The van der Waals surface area contributed by atoms with Gasteiger partial charge in [-0.05, 0) is 53.7 Å². The van der Waals surface area contributed by atoms with Crippen molar-refractivity contribution in [1.82, 2.24) is 4.98 Å². The van der Waals surface area contributed by atoms with E-state index in [2.05, 4.69) is 56.2 Å². The minimum absolute atomic E-state index is 0.0296. The number of anilines is 1. The molecule has 5 heteroatoms. The highest BCUT2D eigenvalue weighted by Gasteiger charge is 2.37. The SMILES string of the molecule is COC(=O)C1CCN(c2nc(-c3ccc4c(c3)C(C)(C)CCC4(C)C)cs2)CC1. The predicted octanol–water partition coefficient (Wildman–Crippen LogP) is 5.55. The summed E-state index contributed by atoms with van der Waals surface area (Å²) in [5, 5.41) is 3.23. The van der Waals surface area contributed by atoms with Gasteiger partial charge in [0.1, 0.15) is 0 Å². The van der Waals surface area contributed by atoms with Crippen LogP contribution < -0.4 is 4.90 Å². The molecule has 4 rings (SSSR count). The lowest BCUT2D eigenvalue weighted by Gasteiger charge is -2.42. The van der Waals surface area contributed by atoms with Gasteiger partial charge in [0.05, 0.1) is 18.7 Å². The molecule has 2 heterocycles. The molecular weight excluding hydrogens is 380 g/mol. The molecular formula is C24H32N2O2S. The number of hydrogen-bond donors (Lipinski definition) is 0. The Labute approximate surface area is 178 Å². The maximum atomic E-state index is 11.8. The number of nitrogens with zero attached hydrogens (tertiary/aromatic N) is 2. The highest BCUT2D eigenvalue weighted by Crippen LogP contribution is 2.47. The van der Waals surface area contributed by atoms with Crippen LogP contribution in [0, 0.1) is 5.92 Å². The van der Waals surface area contributed by atoms with Crippen LogP contribution in [-0.2, 0) is 20.4 Å². The number of rotatable bonds is 3. The molecule has 1 aromatic heterocycles. The minimum atomic E-state index is -0.0796. The van der Waals surface area contributed by atoms with Crippen molar-refractivity contribution in [1.29, 1.82) is 0 Å². The molecule has 0 bridgehead atoms. The lowest BCUT2D eigenvalue weighted by atomic mass is 9.63. The zero-order chi connectivity index (χ0) is 20.8. The number of carbonyl (C=O) groups excluding carboxylic acids is 1. The van der Waals surface area contributed by atoms with Crippen molar-refractivity contribution >= 4 is 22.4 Å². The van der Waals surface area contributed by atoms with Crippen molar-refractivity contribution in [3.05, 3.63) is 34.7 Å². The molecule has 1 aromatic carbocycles. The first-order valence-electron chi connectivity index (χ1n) is 10.6. The molecule has 0 spiro atoms. The standard InChI is InChI=1S/C24H32N2O2S/c1-23(2)10-11-24(3,4)19-14-17(6-7-18(19)23)20-15-29-22(25-20)26-12-8-16(9-13-26)21(27)28-5/h6-7,14-16H,8-13H2,1-5H3. The first kappa shape index (κ1) is 20.4. The van der Waals surface area contributed by atoms with Crippen molar-refractivity contribution in [2.45, 2.75) is 64.2 Å². The van der Waals surface area contributed by atoms with Gasteiger partial charge in [0.2, 0.25) is 0 Å². The largest absolute Gasteiger partial charge is 0.469 e. The van der Waals surface area contributed by atoms with Crippen molar-refractivity contribution in [2.75, 3.05) is 25.1 Å². The van der Waals surface area contributed by atoms with Gasteiger partial charge in [0, 0.05) is 24.0 Å². The zero-order valence-corrected chi connectivity index (χ0v) is 19.1. The average molecular weight is 413 g/mol. The highest BCUT2D eigenvalue weighted by molar-refractivity contribution is 7.14. The van der Waals surface area contributed by atoms with Crippen molar-refractivity contribution in [3.63, 3.8) is 0 Å². The van der Waals surface area contributed by atoms with Gasteiger partial charge in [-0.3, -0.25) is 4.79 Å². The van der Waals surface area contributed by atoms with Crippen LogP contribution in [0.15, 0.2) is 23.6 Å². The number of piperidine rings is 1. The van der Waals surface area contributed by atoms with E-state index in [1.807, 2.05) is 0 Å². The van der Waals surface area contributed by atoms with E-state index < -0.39 is 0 Å². The molecule has 0 radical (unpaired) electrons. The molecule has 1 saturated heterocycles. The van der Waals surface area contributed by atoms with Crippen LogP contribution in [0.5, 0.6) is 0 Å². The number of ether oxygens (including phenoxy) is 1. The Bertz CT molecular complexity index is 907. The van der Waals surface area contributed by atoms with Crippen LogP contribution in [-0.4, -0.2) is 31.2 Å². The second-order valence-electron chi connectivity index (χ2n) is 9.83. The van der Waals surface area contributed by atoms with Gasteiger partial charge in [-0.1, -0.05) is 39.8 Å². The fraction of sp³-hybridized carbons (Fsp3) is 0.583. The summed E-state index contributed by atoms with van der Waals surface area (Å²) in [7, 11) is 1.47. The van der Waals surface area contributed by atoms with Crippen molar-refractivity contribution < 1.29 is 9.53 Å². The average Bonchev–Trinajstić information content (AvgIpc) is 3.21. The fourth-order valence-electron chi connectivity index (χ4n) is 4.76. The van der Waals surface area contributed by atoms with E-state index in [4.69, 9.17) is 9.72 Å². The zero-order valence-electron chi connectivity index (χ0n) is 18.2. The number of esters is 1. The van der Waals surface area contributed by atoms with Gasteiger partial charge >= 0.3 is 5.97 Å². The maximum absolute atomic E-state index is 11.8. The Morgan fingerprint density at radius 3 is 2.41 bits per heavy atom. The summed E-state index contributed by atoms with van der Waals surface area (Å²) in [6.45, 7) is 11.2. The van der Waals surface area contributed by atoms with Gasteiger partial charge in [-0.15, -0.1) is 11.3 Å². The third-order valence-corrected chi connectivity index (χ3v) is 7.84. The van der Waals surface area contributed by atoms with E-state index in [9.17, 15) is 4.79 Å². The molecule has 156 valence electrons. The number of aromatic nitrogens is 1. The Morgan fingerprint density at radius 1 is 1.10 bits per heavy atom. The number of benzene rings is 1. The van der Waals surface area contributed by atoms with E-state index in [-0.39, 0.29) is 22.7 Å². The van der Waals surface area contributed by atoms with Crippen molar-refractivity contribution in [2.24, 2.45) is 5.92 Å². The van der Waals surface area contributed by atoms with E-state index in [0.29, 0.717) is 0 Å². The molecule has 29 heavy (non-hydrogen) atoms. The Kier molecular flexibility index (Phi) is 5.22. The number of fused-ring (bicyclic) bond motifs is 1. The Morgan fingerprint density at radius 2 is 1.76 bits per heavy atom. The molecule has 0 amide bonds. The van der Waals surface area contributed by atoms with Gasteiger partial charge in [-0.25, -0.2) is 4.98 Å². The summed E-state index contributed by atoms with van der Waals surface area (Å²) in [4.78, 5) is 19.0. The second-order valence-corrected chi connectivity index (χ2v) is 10.7. The van der Waals surface area contributed by atoms with E-state index in [0.717, 1.165) is 36.8 Å². The Balaban J connectivity index is 1.56. The first-order chi connectivity index (χ1) is 13.7. The van der Waals surface area contributed by atoms with Gasteiger partial charge in [0.25, 0.3) is 0 Å². The third kappa shape index (κ3) is 3.81. The van der Waals surface area contributed by atoms with Crippen LogP contribution in [0.25, 0.3) is 11.3 Å². The summed E-state index contributed by atoms with van der Waals surface area (Å²) < 4.78 is 4.90. The van der Waals surface area contributed by atoms with Gasteiger partial charge < -0.3 is 9.64 Å². The van der Waals surface area contributed by atoms with Crippen LogP contribution in [0.3, 0.4) is 0 Å². The van der Waals surface area contributed by atoms with Gasteiger partial charge in [-0.2, -0.15) is 0 Å². The molecule has 1 aliphatic heterocycles. The van der Waals surface area contributed by atoms with Gasteiger partial charge in [0.15, 0.2) is 5.13 Å². The Hall–Kier alpha value is -1.88. The first-order valence-corrected chi connectivity index (χ1v) is 11.5. The third-order valence-electron chi connectivity index (χ3n) is 6.94. The van der Waals surface area contributed by atoms with E-state index in [1.165, 1.54) is 36.6 Å². The number of methoxy groups -OCH3 is 1. The fourth-order valence-corrected chi connectivity index (χ4v) is 5.65. The predicted molar refractivity (Wildman–Crippen MR) is 120 cm³/mol. The summed E-state index contributed by atoms with van der Waals surface area (Å²) in [5.74, 6) is -0.0500. The normalized spacial score (nSPS) is 20.9. The van der Waals surface area contributed by atoms with Crippen molar-refractivity contribution in [3.8, 4) is 11.3 Å². The molecule has 0 unspecified atom stereocenters. The molecule has 1 fully saturated rings. The van der Waals surface area contributed by atoms with Crippen LogP contribution >= 0.6 is 11.3 Å². The van der Waals surface area contributed by atoms with E-state index >= 15 is 0 Å². The molecule has 4 nitrogen and oxygen atoms in total. The number of carbonyl (C=O) groups is 1. The monoisotopic (exact) mass is 412 g/mol. The number of hydrogen-bond acceptors (Lipinski definition) is 5. The maximum Gasteiger partial charge on any atom is 0.308 e. The molecule has 1 aliphatic carbocycles. The molecule has 0 saturated carbocycles. The smallest absolute Gasteiger partial charge is 0.308 e. The summed E-state index contributed by atoms with van der Waals surface area (Å²) >= 11 is 1.70. The summed E-state index contributed by atoms with van der Waals surface area (Å²) in [6, 6.07) is 6.94. The quantitative estimate of drug-likeness (QED) is 0.620. The van der Waals surface area contributed by atoms with Crippen LogP contribution in [0.2, 0.25) is 0 Å². The summed E-state index contributed by atoms with van der Waals surface area (Å²) in [6.07, 6.45) is 4.12. The summed E-state index contributed by atoms with van der Waals surface area (Å²) in [5.41, 5.74) is 5.66. The molecule has 2 aromatic rings. The topological polar surface area (TPSA) is 42.4 Å². The van der Waals surface area contributed by atoms with Crippen LogP contribution in [0.1, 0.15) is 64.5 Å². The molecule has 2 aliphatic rings. The second kappa shape index (κ2) is 7.42. The van der Waals surface area contributed by atoms with E-state index in [1.54, 1.807) is 11.3 Å². The number of thiazole rings is 1. The molecule has 0 atom stereocenters.